The zero-order valence-corrected chi connectivity index (χ0v) is 13.9. The number of aryl methyl sites for hydroxylation is 1. The molecule has 0 aliphatic carbocycles. The van der Waals surface area contributed by atoms with Gasteiger partial charge in [-0.05, 0) is 66.5 Å². The zero-order chi connectivity index (χ0) is 15.6. The highest BCUT2D eigenvalue weighted by Crippen LogP contribution is 2.28. The summed E-state index contributed by atoms with van der Waals surface area (Å²) in [5.74, 6) is -1.15. The van der Waals surface area contributed by atoms with Crippen LogP contribution in [0.1, 0.15) is 28.8 Å². The number of sulfonamides is 1. The molecule has 0 radical (unpaired) electrons. The zero-order valence-electron chi connectivity index (χ0n) is 11.5. The molecule has 116 valence electrons. The maximum Gasteiger partial charge on any atom is 0.335 e. The molecule has 0 bridgehead atoms. The van der Waals surface area contributed by atoms with Crippen LogP contribution in [-0.2, 0) is 10.0 Å². The van der Waals surface area contributed by atoms with Crippen molar-refractivity contribution in [3.05, 3.63) is 27.7 Å². The Morgan fingerprint density at radius 2 is 2.00 bits per heavy atom. The van der Waals surface area contributed by atoms with E-state index in [2.05, 4.69) is 26.0 Å². The predicted octanol–water partition coefficient (Wildman–Crippen LogP) is 1.49. The maximum atomic E-state index is 12.5. The van der Waals surface area contributed by atoms with Gasteiger partial charge in [0.1, 0.15) is 0 Å². The summed E-state index contributed by atoms with van der Waals surface area (Å²) in [5.41, 5.74) is 0.530. The Morgan fingerprint density at radius 3 is 2.57 bits per heavy atom. The van der Waals surface area contributed by atoms with E-state index in [0.29, 0.717) is 22.9 Å². The number of benzene rings is 1. The lowest BCUT2D eigenvalue weighted by molar-refractivity contribution is 0.0696. The molecule has 0 unspecified atom stereocenters. The number of nitrogens with one attached hydrogen (secondary N) is 2. The summed E-state index contributed by atoms with van der Waals surface area (Å²) in [6.07, 6.45) is 1.43. The smallest absolute Gasteiger partial charge is 0.335 e. The van der Waals surface area contributed by atoms with Crippen LogP contribution in [0.4, 0.5) is 0 Å². The Morgan fingerprint density at radius 1 is 1.38 bits per heavy atom. The molecule has 1 heterocycles. The van der Waals surface area contributed by atoms with Crippen molar-refractivity contribution in [1.82, 2.24) is 10.0 Å². The Kier molecular flexibility index (Phi) is 5.03. The molecule has 1 fully saturated rings. The van der Waals surface area contributed by atoms with E-state index < -0.39 is 16.0 Å². The summed E-state index contributed by atoms with van der Waals surface area (Å²) in [6.45, 7) is 3.20. The number of carboxylic acids is 1. The molecule has 21 heavy (non-hydrogen) atoms. The molecule has 8 heteroatoms. The van der Waals surface area contributed by atoms with E-state index in [1.807, 2.05) is 0 Å². The lowest BCUT2D eigenvalue weighted by Gasteiger charge is -2.24. The van der Waals surface area contributed by atoms with Crippen molar-refractivity contribution in [2.24, 2.45) is 0 Å². The molecule has 0 aromatic heterocycles. The molecule has 1 saturated heterocycles. The average molecular weight is 377 g/mol. The quantitative estimate of drug-likeness (QED) is 0.739. The Bertz CT molecular complexity index is 654. The summed E-state index contributed by atoms with van der Waals surface area (Å²) in [5, 5.41) is 12.2. The topological polar surface area (TPSA) is 95.5 Å². The highest BCUT2D eigenvalue weighted by Gasteiger charge is 2.25. The highest BCUT2D eigenvalue weighted by atomic mass is 79.9. The minimum Gasteiger partial charge on any atom is -0.478 e. The van der Waals surface area contributed by atoms with Crippen LogP contribution in [-0.4, -0.2) is 38.6 Å². The number of carbonyl (C=O) groups is 1. The second kappa shape index (κ2) is 6.43. The lowest BCUT2D eigenvalue weighted by Crippen LogP contribution is -2.42. The van der Waals surface area contributed by atoms with Crippen LogP contribution in [0.25, 0.3) is 0 Å². The fourth-order valence-electron chi connectivity index (χ4n) is 2.28. The normalized spacial score (nSPS) is 16.9. The fraction of sp³-hybridized carbons (Fsp3) is 0.462. The molecule has 0 amide bonds. The molecule has 1 aromatic carbocycles. The van der Waals surface area contributed by atoms with Gasteiger partial charge in [-0.15, -0.1) is 0 Å². The predicted molar refractivity (Wildman–Crippen MR) is 82.1 cm³/mol. The van der Waals surface area contributed by atoms with Gasteiger partial charge in [-0.1, -0.05) is 0 Å². The van der Waals surface area contributed by atoms with Crippen LogP contribution < -0.4 is 10.0 Å². The number of hydrogen-bond acceptors (Lipinski definition) is 4. The van der Waals surface area contributed by atoms with E-state index >= 15 is 0 Å². The highest BCUT2D eigenvalue weighted by molar-refractivity contribution is 9.10. The Balaban J connectivity index is 2.36. The van der Waals surface area contributed by atoms with Crippen molar-refractivity contribution in [1.29, 1.82) is 0 Å². The first-order valence-corrected chi connectivity index (χ1v) is 8.85. The minimum absolute atomic E-state index is 0.0292. The van der Waals surface area contributed by atoms with Gasteiger partial charge in [0.25, 0.3) is 0 Å². The van der Waals surface area contributed by atoms with E-state index in [1.165, 1.54) is 12.1 Å². The first-order chi connectivity index (χ1) is 9.81. The van der Waals surface area contributed by atoms with Crippen LogP contribution in [0.3, 0.4) is 0 Å². The summed E-state index contributed by atoms with van der Waals surface area (Å²) in [7, 11) is -3.76. The minimum atomic E-state index is -3.76. The van der Waals surface area contributed by atoms with E-state index in [-0.39, 0.29) is 16.5 Å². The third-order valence-corrected chi connectivity index (χ3v) is 6.28. The molecule has 1 aromatic rings. The molecule has 0 spiro atoms. The van der Waals surface area contributed by atoms with Gasteiger partial charge in [-0.25, -0.2) is 17.9 Å². The lowest BCUT2D eigenvalue weighted by atomic mass is 10.1. The molecule has 3 N–H and O–H groups in total. The van der Waals surface area contributed by atoms with Crippen LogP contribution >= 0.6 is 15.9 Å². The molecule has 1 aliphatic heterocycles. The van der Waals surface area contributed by atoms with Crippen LogP contribution in [0, 0.1) is 6.92 Å². The van der Waals surface area contributed by atoms with Gasteiger partial charge in [0, 0.05) is 10.5 Å². The van der Waals surface area contributed by atoms with Crippen LogP contribution in [0.2, 0.25) is 0 Å². The fourth-order valence-corrected chi connectivity index (χ4v) is 4.63. The second-order valence-electron chi connectivity index (χ2n) is 5.06. The summed E-state index contributed by atoms with van der Waals surface area (Å²) >= 11 is 3.24. The standard InChI is InChI=1S/C13H17BrN2O4S/c1-8-6-9(13(17)18)7-11(12(8)14)21(19,20)16-10-2-4-15-5-3-10/h6-7,10,15-16H,2-5H2,1H3,(H,17,18). The monoisotopic (exact) mass is 376 g/mol. The first kappa shape index (κ1) is 16.4. The number of hydrogen-bond donors (Lipinski definition) is 3. The van der Waals surface area contributed by atoms with E-state index in [1.54, 1.807) is 6.92 Å². The van der Waals surface area contributed by atoms with Gasteiger partial charge in [0.2, 0.25) is 10.0 Å². The Labute approximate surface area is 132 Å². The number of rotatable bonds is 4. The average Bonchev–Trinajstić information content (AvgIpc) is 2.41. The number of piperidine rings is 1. The van der Waals surface area contributed by atoms with E-state index in [0.717, 1.165) is 13.1 Å². The van der Waals surface area contributed by atoms with Crippen molar-refractivity contribution in [2.75, 3.05) is 13.1 Å². The number of carboxylic acid groups (broad SMARTS) is 1. The molecular weight excluding hydrogens is 360 g/mol. The van der Waals surface area contributed by atoms with E-state index in [9.17, 15) is 13.2 Å². The SMILES string of the molecule is Cc1cc(C(=O)O)cc(S(=O)(=O)NC2CCNCC2)c1Br. The molecule has 2 rings (SSSR count). The maximum absolute atomic E-state index is 12.5. The van der Waals surface area contributed by atoms with Gasteiger partial charge in [0.05, 0.1) is 10.5 Å². The molecule has 0 atom stereocenters. The molecular formula is C13H17BrN2O4S. The summed E-state index contributed by atoms with van der Waals surface area (Å²) in [4.78, 5) is 11.1. The van der Waals surface area contributed by atoms with Crippen molar-refractivity contribution in [3.8, 4) is 0 Å². The third kappa shape index (κ3) is 3.82. The Hall–Kier alpha value is -0.960. The number of aromatic carboxylic acids is 1. The summed E-state index contributed by atoms with van der Waals surface area (Å²) < 4.78 is 28.0. The first-order valence-electron chi connectivity index (χ1n) is 6.58. The molecule has 0 saturated carbocycles. The second-order valence-corrected chi connectivity index (χ2v) is 7.53. The van der Waals surface area contributed by atoms with Crippen molar-refractivity contribution < 1.29 is 18.3 Å². The van der Waals surface area contributed by atoms with Crippen molar-refractivity contribution in [2.45, 2.75) is 30.7 Å². The van der Waals surface area contributed by atoms with Crippen molar-refractivity contribution >= 4 is 31.9 Å². The van der Waals surface area contributed by atoms with Crippen LogP contribution in [0.5, 0.6) is 0 Å². The van der Waals surface area contributed by atoms with Gasteiger partial charge >= 0.3 is 5.97 Å². The van der Waals surface area contributed by atoms with Gasteiger partial charge in [-0.2, -0.15) is 0 Å². The summed E-state index contributed by atoms with van der Waals surface area (Å²) in [6, 6.07) is 2.50. The third-order valence-electron chi connectivity index (χ3n) is 3.42. The van der Waals surface area contributed by atoms with Crippen LogP contribution in [0.15, 0.2) is 21.5 Å². The van der Waals surface area contributed by atoms with Gasteiger partial charge in [0.15, 0.2) is 0 Å². The van der Waals surface area contributed by atoms with E-state index in [4.69, 9.17) is 5.11 Å². The number of halogens is 1. The molecule has 6 nitrogen and oxygen atoms in total. The largest absolute Gasteiger partial charge is 0.478 e. The van der Waals surface area contributed by atoms with Gasteiger partial charge in [-0.3, -0.25) is 0 Å². The van der Waals surface area contributed by atoms with Gasteiger partial charge < -0.3 is 10.4 Å². The molecule has 1 aliphatic rings. The van der Waals surface area contributed by atoms with Crippen molar-refractivity contribution in [3.63, 3.8) is 0 Å².